The summed E-state index contributed by atoms with van der Waals surface area (Å²) in [5, 5.41) is 6.62. The number of ether oxygens (including phenoxy) is 1. The molecule has 3 N–H and O–H groups in total. The zero-order chi connectivity index (χ0) is 44.3. The number of hydrogen-bond acceptors (Lipinski definition) is 12. The molecule has 0 bridgehead atoms. The van der Waals surface area contributed by atoms with Crippen LogP contribution in [0.1, 0.15) is 88.0 Å². The summed E-state index contributed by atoms with van der Waals surface area (Å²) in [6, 6.07) is 18.7. The van der Waals surface area contributed by atoms with Crippen molar-refractivity contribution in [1.29, 1.82) is 0 Å². The highest BCUT2D eigenvalue weighted by molar-refractivity contribution is 6.36. The van der Waals surface area contributed by atoms with E-state index in [9.17, 15) is 28.8 Å². The number of anilines is 2. The molecule has 330 valence electrons. The first-order chi connectivity index (χ1) is 31.1. The van der Waals surface area contributed by atoms with Crippen LogP contribution in [0.25, 0.3) is 11.0 Å². The van der Waals surface area contributed by atoms with Gasteiger partial charge in [-0.2, -0.15) is 0 Å². The summed E-state index contributed by atoms with van der Waals surface area (Å²) in [7, 11) is 0. The molecule has 6 heterocycles. The van der Waals surface area contributed by atoms with Crippen LogP contribution >= 0.6 is 11.6 Å². The SMILES string of the molecule is O=C1CCC(N2C(=O)c3ccc(N4CCN(CCCCCC(=O)N5CCC(Nc6ncnc7[nH]cc(C(=O)c8ccc(Oc9ccccc9)cc8Cl)c67)CC5)CC4)cc3C2=O)C(=O)N1. The van der Waals surface area contributed by atoms with Crippen LogP contribution in [0.5, 0.6) is 11.5 Å². The number of carbonyl (C=O) groups excluding carboxylic acids is 6. The van der Waals surface area contributed by atoms with E-state index in [4.69, 9.17) is 16.3 Å². The molecule has 3 aromatic carbocycles. The van der Waals surface area contributed by atoms with Gasteiger partial charge in [0.2, 0.25) is 17.7 Å². The molecule has 0 saturated carbocycles. The number of H-pyrrole nitrogens is 1. The van der Waals surface area contributed by atoms with Crippen LogP contribution in [0, 0.1) is 0 Å². The second-order valence-electron chi connectivity index (χ2n) is 16.6. The monoisotopic (exact) mass is 885 g/mol. The van der Waals surface area contributed by atoms with Crippen molar-refractivity contribution in [1.82, 2.24) is 35.0 Å². The van der Waals surface area contributed by atoms with Crippen LogP contribution in [0.15, 0.2) is 79.3 Å². The number of aromatic nitrogens is 3. The fourth-order valence-corrected chi connectivity index (χ4v) is 9.32. The summed E-state index contributed by atoms with van der Waals surface area (Å²) < 4.78 is 5.89. The predicted molar refractivity (Wildman–Crippen MR) is 239 cm³/mol. The molecule has 4 aliphatic rings. The number of unbranched alkanes of at least 4 members (excludes halogenated alkanes) is 2. The number of fused-ring (bicyclic) bond motifs is 2. The molecule has 5 aromatic rings. The Labute approximate surface area is 374 Å². The lowest BCUT2D eigenvalue weighted by molar-refractivity contribution is -0.136. The normalized spacial score (nSPS) is 18.4. The van der Waals surface area contributed by atoms with Gasteiger partial charge in [-0.1, -0.05) is 36.2 Å². The number of likely N-dealkylation sites (tertiary alicyclic amines) is 1. The highest BCUT2D eigenvalue weighted by Crippen LogP contribution is 2.34. The maximum Gasteiger partial charge on any atom is 0.262 e. The lowest BCUT2D eigenvalue weighted by Gasteiger charge is -2.36. The highest BCUT2D eigenvalue weighted by Gasteiger charge is 2.45. The number of halogens is 1. The molecule has 3 fully saturated rings. The Kier molecular flexibility index (Phi) is 12.4. The van der Waals surface area contributed by atoms with Gasteiger partial charge in [-0.15, -0.1) is 0 Å². The largest absolute Gasteiger partial charge is 0.457 e. The van der Waals surface area contributed by atoms with Gasteiger partial charge < -0.3 is 24.8 Å². The molecule has 0 spiro atoms. The summed E-state index contributed by atoms with van der Waals surface area (Å²) >= 11 is 6.62. The zero-order valence-corrected chi connectivity index (χ0v) is 35.9. The molecule has 0 aliphatic carbocycles. The van der Waals surface area contributed by atoms with Crippen molar-refractivity contribution in [3.63, 3.8) is 0 Å². The topological polar surface area (TPSA) is 190 Å². The van der Waals surface area contributed by atoms with Gasteiger partial charge in [0, 0.05) is 81.7 Å². The second kappa shape index (κ2) is 18.6. The molecular weight excluding hydrogens is 838 g/mol. The van der Waals surface area contributed by atoms with E-state index in [2.05, 4.69) is 35.4 Å². The fraction of sp³-hybridized carbons (Fsp3) is 0.362. The van der Waals surface area contributed by atoms with E-state index in [1.807, 2.05) is 41.3 Å². The number of piperazine rings is 1. The van der Waals surface area contributed by atoms with E-state index in [-0.39, 0.29) is 46.7 Å². The van der Waals surface area contributed by atoms with Gasteiger partial charge in [-0.25, -0.2) is 9.97 Å². The van der Waals surface area contributed by atoms with Crippen molar-refractivity contribution in [2.24, 2.45) is 0 Å². The lowest BCUT2D eigenvalue weighted by atomic mass is 10.0. The summed E-state index contributed by atoms with van der Waals surface area (Å²) in [5.41, 5.74) is 2.69. The Morgan fingerprint density at radius 1 is 0.797 bits per heavy atom. The van der Waals surface area contributed by atoms with Crippen LogP contribution in [-0.2, 0) is 14.4 Å². The quantitative estimate of drug-likeness (QED) is 0.0690. The summed E-state index contributed by atoms with van der Waals surface area (Å²) in [4.78, 5) is 97.0. The van der Waals surface area contributed by atoms with Gasteiger partial charge >= 0.3 is 0 Å². The number of para-hydroxylation sites is 1. The number of nitrogens with one attached hydrogen (secondary N) is 3. The number of amides is 5. The minimum atomic E-state index is -0.986. The van der Waals surface area contributed by atoms with Crippen LogP contribution < -0.4 is 20.3 Å². The van der Waals surface area contributed by atoms with Crippen molar-refractivity contribution in [2.75, 3.05) is 56.0 Å². The van der Waals surface area contributed by atoms with E-state index < -0.39 is 29.7 Å². The zero-order valence-electron chi connectivity index (χ0n) is 35.2. The summed E-state index contributed by atoms with van der Waals surface area (Å²) in [6.45, 7) is 5.44. The fourth-order valence-electron chi connectivity index (χ4n) is 9.06. The van der Waals surface area contributed by atoms with Crippen LogP contribution in [0.4, 0.5) is 11.5 Å². The number of aromatic amines is 1. The summed E-state index contributed by atoms with van der Waals surface area (Å²) in [5.74, 6) is -0.389. The first-order valence-electron chi connectivity index (χ1n) is 21.9. The number of hydrogen-bond donors (Lipinski definition) is 3. The minimum absolute atomic E-state index is 0.0585. The molecule has 1 atom stereocenters. The highest BCUT2D eigenvalue weighted by atomic mass is 35.5. The lowest BCUT2D eigenvalue weighted by Crippen LogP contribution is -2.54. The number of rotatable bonds is 14. The minimum Gasteiger partial charge on any atom is -0.457 e. The molecule has 1 unspecified atom stereocenters. The van der Waals surface area contributed by atoms with Crippen LogP contribution in [0.3, 0.4) is 0 Å². The standard InChI is InChI=1S/C47H48ClN9O7/c48-37-26-32(64-31-7-3-1-4-8-31)11-13-34(37)42(60)36-27-49-43-41(36)44(51-28-50-43)52-29-16-19-56(20-17-29)40(59)9-5-2-6-18-54-21-23-55(24-22-54)30-10-12-33-35(25-30)47(63)57(46(33)62)38-14-15-39(58)53-45(38)61/h1,3-4,7-8,10-13,25-29,38H,2,5-6,9,14-24H2,(H,53,58,61)(H2,49,50,51,52). The molecule has 2 aromatic heterocycles. The average Bonchev–Trinajstić information content (AvgIpc) is 3.85. The molecule has 64 heavy (non-hydrogen) atoms. The number of imide groups is 2. The van der Waals surface area contributed by atoms with Crippen LogP contribution in [-0.4, -0.2) is 123 Å². The van der Waals surface area contributed by atoms with E-state index in [1.54, 1.807) is 36.5 Å². The van der Waals surface area contributed by atoms with E-state index in [0.29, 0.717) is 59.0 Å². The molecule has 0 radical (unpaired) electrons. The predicted octanol–water partition coefficient (Wildman–Crippen LogP) is 5.82. The third-order valence-electron chi connectivity index (χ3n) is 12.6. The molecule has 16 nitrogen and oxygen atoms in total. The second-order valence-corrected chi connectivity index (χ2v) is 17.1. The van der Waals surface area contributed by atoms with Gasteiger partial charge in [0.25, 0.3) is 11.8 Å². The van der Waals surface area contributed by atoms with Crippen molar-refractivity contribution in [3.05, 3.63) is 107 Å². The average molecular weight is 886 g/mol. The molecule has 17 heteroatoms. The van der Waals surface area contributed by atoms with Crippen molar-refractivity contribution >= 4 is 69.5 Å². The maximum atomic E-state index is 13.8. The number of piperidine rings is 2. The van der Waals surface area contributed by atoms with Gasteiger partial charge in [0.15, 0.2) is 5.78 Å². The number of nitrogens with zero attached hydrogens (tertiary/aromatic N) is 6. The Morgan fingerprint density at radius 3 is 2.34 bits per heavy atom. The van der Waals surface area contributed by atoms with Crippen molar-refractivity contribution < 1.29 is 33.5 Å². The van der Waals surface area contributed by atoms with Gasteiger partial charge in [-0.05, 0) is 81.1 Å². The Hall–Kier alpha value is -6.65. The molecule has 9 rings (SSSR count). The first-order valence-corrected chi connectivity index (χ1v) is 22.3. The van der Waals surface area contributed by atoms with Gasteiger partial charge in [-0.3, -0.25) is 43.9 Å². The van der Waals surface area contributed by atoms with E-state index >= 15 is 0 Å². The number of ketones is 1. The van der Waals surface area contributed by atoms with E-state index in [0.717, 1.165) is 75.4 Å². The smallest absolute Gasteiger partial charge is 0.262 e. The Morgan fingerprint density at radius 2 is 1.58 bits per heavy atom. The number of benzene rings is 3. The third-order valence-corrected chi connectivity index (χ3v) is 12.9. The Balaban J connectivity index is 0.697. The molecule has 4 aliphatic heterocycles. The van der Waals surface area contributed by atoms with Gasteiger partial charge in [0.1, 0.15) is 35.3 Å². The van der Waals surface area contributed by atoms with Crippen molar-refractivity contribution in [3.8, 4) is 11.5 Å². The molecule has 3 saturated heterocycles. The first kappa shape index (κ1) is 42.6. The van der Waals surface area contributed by atoms with Crippen LogP contribution in [0.2, 0.25) is 5.02 Å². The summed E-state index contributed by atoms with van der Waals surface area (Å²) in [6.07, 6.45) is 8.06. The molecular formula is C47H48ClN9O7. The maximum absolute atomic E-state index is 13.8. The third kappa shape index (κ3) is 8.92. The van der Waals surface area contributed by atoms with E-state index in [1.165, 1.54) is 6.33 Å². The van der Waals surface area contributed by atoms with Gasteiger partial charge in [0.05, 0.1) is 27.1 Å². The van der Waals surface area contributed by atoms with Crippen molar-refractivity contribution in [2.45, 2.75) is 63.5 Å². The number of carbonyl (C=O) groups is 6. The Bertz CT molecular complexity index is 2620. The molecule has 5 amide bonds.